The molecule has 0 aliphatic carbocycles. The molecule has 2 rings (SSSR count). The smallest absolute Gasteiger partial charge is 0.256 e. The van der Waals surface area contributed by atoms with Gasteiger partial charge in [-0.2, -0.15) is 0 Å². The molecule has 0 saturated heterocycles. The Bertz CT molecular complexity index is 626. The van der Waals surface area contributed by atoms with Crippen LogP contribution >= 0.6 is 15.9 Å². The second-order valence-electron chi connectivity index (χ2n) is 4.37. The highest BCUT2D eigenvalue weighted by atomic mass is 79.9. The van der Waals surface area contributed by atoms with Gasteiger partial charge in [-0.15, -0.1) is 0 Å². The number of ether oxygens (including phenoxy) is 1. The highest BCUT2D eigenvalue weighted by Crippen LogP contribution is 2.26. The van der Waals surface area contributed by atoms with Gasteiger partial charge in [0, 0.05) is 4.47 Å². The van der Waals surface area contributed by atoms with Crippen molar-refractivity contribution in [3.63, 3.8) is 0 Å². The van der Waals surface area contributed by atoms with Crippen molar-refractivity contribution in [2.75, 3.05) is 11.9 Å². The van der Waals surface area contributed by atoms with Crippen molar-refractivity contribution in [1.82, 2.24) is 0 Å². The van der Waals surface area contributed by atoms with Gasteiger partial charge in [0.2, 0.25) is 0 Å². The Morgan fingerprint density at radius 1 is 1.25 bits per heavy atom. The number of benzene rings is 2. The van der Waals surface area contributed by atoms with Crippen LogP contribution < -0.4 is 10.1 Å². The fourth-order valence-corrected chi connectivity index (χ4v) is 2.52. The molecule has 0 aliphatic rings. The minimum atomic E-state index is -0.163. The molecule has 0 fully saturated rings. The van der Waals surface area contributed by atoms with Crippen molar-refractivity contribution < 1.29 is 9.53 Å². The van der Waals surface area contributed by atoms with Gasteiger partial charge in [0.1, 0.15) is 5.75 Å². The maximum Gasteiger partial charge on any atom is 0.256 e. The van der Waals surface area contributed by atoms with Crippen LogP contribution in [0.5, 0.6) is 5.75 Å². The second kappa shape index (κ2) is 6.57. The second-order valence-corrected chi connectivity index (χ2v) is 5.22. The average Bonchev–Trinajstić information content (AvgIpc) is 2.41. The zero-order chi connectivity index (χ0) is 14.5. The van der Waals surface area contributed by atoms with Crippen molar-refractivity contribution >= 4 is 27.5 Å². The molecule has 20 heavy (non-hydrogen) atoms. The Morgan fingerprint density at radius 3 is 2.70 bits per heavy atom. The lowest BCUT2D eigenvalue weighted by atomic mass is 10.1. The molecule has 0 unspecified atom stereocenters. The summed E-state index contributed by atoms with van der Waals surface area (Å²) in [6.07, 6.45) is 0. The van der Waals surface area contributed by atoms with E-state index in [0.29, 0.717) is 23.6 Å². The van der Waals surface area contributed by atoms with Gasteiger partial charge >= 0.3 is 0 Å². The molecule has 0 spiro atoms. The van der Waals surface area contributed by atoms with Crippen molar-refractivity contribution in [2.45, 2.75) is 13.8 Å². The number of carbonyl (C=O) groups is 1. The third kappa shape index (κ3) is 3.39. The van der Waals surface area contributed by atoms with E-state index in [2.05, 4.69) is 21.2 Å². The number of aryl methyl sites for hydroxylation is 1. The van der Waals surface area contributed by atoms with Crippen molar-refractivity contribution in [1.29, 1.82) is 0 Å². The molecule has 1 amide bonds. The largest absolute Gasteiger partial charge is 0.492 e. The topological polar surface area (TPSA) is 38.3 Å². The third-order valence-electron chi connectivity index (χ3n) is 2.80. The molecule has 0 atom stereocenters. The van der Waals surface area contributed by atoms with Crippen LogP contribution in [0.3, 0.4) is 0 Å². The standard InChI is InChI=1S/C16H16BrNO2/c1-3-20-15-7-5-4-6-14(15)18-16(19)12-9-8-11(2)10-13(12)17/h4-10H,3H2,1-2H3,(H,18,19). The summed E-state index contributed by atoms with van der Waals surface area (Å²) in [6.45, 7) is 4.45. The number of rotatable bonds is 4. The van der Waals surface area contributed by atoms with Gasteiger partial charge in [-0.05, 0) is 59.6 Å². The average molecular weight is 334 g/mol. The van der Waals surface area contributed by atoms with E-state index < -0.39 is 0 Å². The number of hydrogen-bond donors (Lipinski definition) is 1. The first-order chi connectivity index (χ1) is 9.61. The normalized spacial score (nSPS) is 10.2. The number of para-hydroxylation sites is 2. The molecule has 104 valence electrons. The number of amides is 1. The van der Waals surface area contributed by atoms with Gasteiger partial charge in [0.15, 0.2) is 0 Å². The van der Waals surface area contributed by atoms with Crippen molar-refractivity contribution in [3.05, 3.63) is 58.1 Å². The van der Waals surface area contributed by atoms with Gasteiger partial charge in [-0.1, -0.05) is 18.2 Å². The molecule has 0 radical (unpaired) electrons. The van der Waals surface area contributed by atoms with Crippen LogP contribution in [0.15, 0.2) is 46.9 Å². The molecular weight excluding hydrogens is 318 g/mol. The summed E-state index contributed by atoms with van der Waals surface area (Å²) in [5.41, 5.74) is 2.37. The first-order valence-corrected chi connectivity index (χ1v) is 7.20. The molecule has 2 aromatic rings. The predicted octanol–water partition coefficient (Wildman–Crippen LogP) is 4.41. The predicted molar refractivity (Wildman–Crippen MR) is 84.4 cm³/mol. The Hall–Kier alpha value is -1.81. The highest BCUT2D eigenvalue weighted by Gasteiger charge is 2.12. The van der Waals surface area contributed by atoms with E-state index in [0.717, 1.165) is 10.0 Å². The van der Waals surface area contributed by atoms with E-state index >= 15 is 0 Å². The number of nitrogens with one attached hydrogen (secondary N) is 1. The van der Waals surface area contributed by atoms with Crippen LogP contribution in [0.1, 0.15) is 22.8 Å². The summed E-state index contributed by atoms with van der Waals surface area (Å²) in [6, 6.07) is 13.0. The molecule has 4 heteroatoms. The third-order valence-corrected chi connectivity index (χ3v) is 3.46. The van der Waals surface area contributed by atoms with E-state index in [1.165, 1.54) is 0 Å². The van der Waals surface area contributed by atoms with Crippen LogP contribution in [-0.4, -0.2) is 12.5 Å². The maximum atomic E-state index is 12.3. The summed E-state index contributed by atoms with van der Waals surface area (Å²) in [4.78, 5) is 12.3. The lowest BCUT2D eigenvalue weighted by Crippen LogP contribution is -2.13. The number of halogens is 1. The van der Waals surface area contributed by atoms with Crippen molar-refractivity contribution in [2.24, 2.45) is 0 Å². The first kappa shape index (κ1) is 14.6. The lowest BCUT2D eigenvalue weighted by molar-refractivity contribution is 0.102. The van der Waals surface area contributed by atoms with Gasteiger partial charge in [0.25, 0.3) is 5.91 Å². The zero-order valence-electron chi connectivity index (χ0n) is 11.4. The minimum Gasteiger partial charge on any atom is -0.492 e. The molecule has 0 heterocycles. The first-order valence-electron chi connectivity index (χ1n) is 6.41. The monoisotopic (exact) mass is 333 g/mol. The zero-order valence-corrected chi connectivity index (χ0v) is 13.0. The lowest BCUT2D eigenvalue weighted by Gasteiger charge is -2.12. The van der Waals surface area contributed by atoms with Gasteiger partial charge < -0.3 is 10.1 Å². The van der Waals surface area contributed by atoms with Crippen LogP contribution in [0.2, 0.25) is 0 Å². The molecule has 0 saturated carbocycles. The fraction of sp³-hybridized carbons (Fsp3) is 0.188. The Morgan fingerprint density at radius 2 is 2.00 bits per heavy atom. The molecule has 1 N–H and O–H groups in total. The van der Waals surface area contributed by atoms with E-state index in [1.54, 1.807) is 6.07 Å². The van der Waals surface area contributed by atoms with Crippen LogP contribution in [0.25, 0.3) is 0 Å². The SMILES string of the molecule is CCOc1ccccc1NC(=O)c1ccc(C)cc1Br. The van der Waals surface area contributed by atoms with Gasteiger partial charge in [-0.3, -0.25) is 4.79 Å². The van der Waals surface area contributed by atoms with Crippen molar-refractivity contribution in [3.8, 4) is 5.75 Å². The quantitative estimate of drug-likeness (QED) is 0.899. The summed E-state index contributed by atoms with van der Waals surface area (Å²) < 4.78 is 6.28. The van der Waals surface area contributed by atoms with E-state index in [4.69, 9.17) is 4.74 Å². The molecule has 0 aliphatic heterocycles. The Kier molecular flexibility index (Phi) is 4.79. The van der Waals surface area contributed by atoms with Crippen LogP contribution in [0.4, 0.5) is 5.69 Å². The number of carbonyl (C=O) groups excluding carboxylic acids is 1. The van der Waals surface area contributed by atoms with E-state index in [1.807, 2.05) is 50.2 Å². The van der Waals surface area contributed by atoms with Gasteiger partial charge in [0.05, 0.1) is 17.9 Å². The van der Waals surface area contributed by atoms with E-state index in [-0.39, 0.29) is 5.91 Å². The summed E-state index contributed by atoms with van der Waals surface area (Å²) in [5, 5.41) is 2.88. The maximum absolute atomic E-state index is 12.3. The molecule has 2 aromatic carbocycles. The highest BCUT2D eigenvalue weighted by molar-refractivity contribution is 9.10. The van der Waals surface area contributed by atoms with E-state index in [9.17, 15) is 4.79 Å². The molecule has 0 aromatic heterocycles. The number of anilines is 1. The number of hydrogen-bond acceptors (Lipinski definition) is 2. The Balaban J connectivity index is 2.23. The summed E-state index contributed by atoms with van der Waals surface area (Å²) in [5.74, 6) is 0.510. The molecule has 0 bridgehead atoms. The van der Waals surface area contributed by atoms with Crippen LogP contribution in [-0.2, 0) is 0 Å². The summed E-state index contributed by atoms with van der Waals surface area (Å²) >= 11 is 3.42. The fourth-order valence-electron chi connectivity index (χ4n) is 1.85. The minimum absolute atomic E-state index is 0.163. The van der Waals surface area contributed by atoms with Crippen LogP contribution in [0, 0.1) is 6.92 Å². The summed E-state index contributed by atoms with van der Waals surface area (Å²) in [7, 11) is 0. The Labute approximate surface area is 127 Å². The molecule has 3 nitrogen and oxygen atoms in total. The molecular formula is C16H16BrNO2. The van der Waals surface area contributed by atoms with Gasteiger partial charge in [-0.25, -0.2) is 0 Å².